The molecule has 28 heavy (non-hydrogen) atoms. The van der Waals surface area contributed by atoms with E-state index >= 15 is 0 Å². The molecule has 7 nitrogen and oxygen atoms in total. The van der Waals surface area contributed by atoms with Crippen molar-refractivity contribution in [1.82, 2.24) is 25.4 Å². The van der Waals surface area contributed by atoms with Crippen LogP contribution in [0.25, 0.3) is 22.5 Å². The average molecular weight is 426 g/mol. The van der Waals surface area contributed by atoms with Gasteiger partial charge >= 0.3 is 0 Å². The third kappa shape index (κ3) is 4.32. The number of amides is 1. The van der Waals surface area contributed by atoms with Crippen molar-refractivity contribution in [3.8, 4) is 11.5 Å². The molecular formula is C19H25Cl2N5O2. The lowest BCUT2D eigenvalue weighted by molar-refractivity contribution is 0.0932. The number of carbonyl (C=O) groups is 1. The summed E-state index contributed by atoms with van der Waals surface area (Å²) >= 11 is 0. The molecule has 3 aromatic heterocycles. The van der Waals surface area contributed by atoms with Crippen molar-refractivity contribution < 1.29 is 9.21 Å². The maximum Gasteiger partial charge on any atom is 0.252 e. The summed E-state index contributed by atoms with van der Waals surface area (Å²) in [6.07, 6.45) is 5.39. The highest BCUT2D eigenvalue weighted by Gasteiger charge is 2.22. The lowest BCUT2D eigenvalue weighted by Gasteiger charge is -2.24. The summed E-state index contributed by atoms with van der Waals surface area (Å²) in [5, 5.41) is 11.7. The van der Waals surface area contributed by atoms with E-state index < -0.39 is 0 Å². The van der Waals surface area contributed by atoms with Gasteiger partial charge in [-0.25, -0.2) is 9.67 Å². The summed E-state index contributed by atoms with van der Waals surface area (Å²) in [6.45, 7) is 5.90. The van der Waals surface area contributed by atoms with Gasteiger partial charge < -0.3 is 15.1 Å². The Kier molecular flexibility index (Phi) is 7.46. The van der Waals surface area contributed by atoms with Gasteiger partial charge in [-0.2, -0.15) is 5.10 Å². The lowest BCUT2D eigenvalue weighted by Crippen LogP contribution is -2.45. The maximum absolute atomic E-state index is 13.0. The van der Waals surface area contributed by atoms with Crippen LogP contribution in [0.2, 0.25) is 0 Å². The van der Waals surface area contributed by atoms with E-state index in [-0.39, 0.29) is 42.8 Å². The molecule has 4 rings (SSSR count). The van der Waals surface area contributed by atoms with Crippen LogP contribution in [0, 0.1) is 0 Å². The number of furan rings is 1. The Morgan fingerprint density at radius 2 is 2.21 bits per heavy atom. The third-order valence-electron chi connectivity index (χ3n) is 4.71. The molecule has 1 aliphatic heterocycles. The number of hydrogen-bond donors (Lipinski definition) is 2. The van der Waals surface area contributed by atoms with E-state index in [0.29, 0.717) is 22.7 Å². The second-order valence-electron chi connectivity index (χ2n) is 6.97. The molecule has 3 aromatic rings. The number of rotatable bonds is 4. The number of nitrogens with one attached hydrogen (secondary N) is 2. The van der Waals surface area contributed by atoms with Gasteiger partial charge in [0.1, 0.15) is 5.69 Å². The summed E-state index contributed by atoms with van der Waals surface area (Å²) in [5.41, 5.74) is 1.91. The first-order valence-corrected chi connectivity index (χ1v) is 9.07. The van der Waals surface area contributed by atoms with E-state index in [4.69, 9.17) is 9.40 Å². The van der Waals surface area contributed by atoms with Gasteiger partial charge in [0.2, 0.25) is 0 Å². The van der Waals surface area contributed by atoms with Crippen LogP contribution in [0.1, 0.15) is 43.1 Å². The van der Waals surface area contributed by atoms with Crippen molar-refractivity contribution in [2.45, 2.75) is 38.8 Å². The quantitative estimate of drug-likeness (QED) is 0.666. The van der Waals surface area contributed by atoms with E-state index in [0.717, 1.165) is 31.3 Å². The number of pyridine rings is 1. The summed E-state index contributed by atoms with van der Waals surface area (Å²) in [4.78, 5) is 17.7. The van der Waals surface area contributed by atoms with Gasteiger partial charge in [-0.1, -0.05) is 0 Å². The van der Waals surface area contributed by atoms with Gasteiger partial charge in [0.25, 0.3) is 5.91 Å². The predicted molar refractivity (Wildman–Crippen MR) is 113 cm³/mol. The van der Waals surface area contributed by atoms with Crippen molar-refractivity contribution in [3.63, 3.8) is 0 Å². The molecule has 152 valence electrons. The number of nitrogens with zero attached hydrogens (tertiary/aromatic N) is 3. The lowest BCUT2D eigenvalue weighted by atomic mass is 10.1. The molecule has 1 saturated heterocycles. The highest BCUT2D eigenvalue weighted by molar-refractivity contribution is 6.06. The second kappa shape index (κ2) is 9.41. The van der Waals surface area contributed by atoms with Crippen LogP contribution in [-0.4, -0.2) is 39.8 Å². The highest BCUT2D eigenvalue weighted by Crippen LogP contribution is 2.26. The number of aromatic nitrogens is 3. The van der Waals surface area contributed by atoms with Crippen molar-refractivity contribution >= 4 is 41.8 Å². The minimum atomic E-state index is -0.0952. The van der Waals surface area contributed by atoms with Crippen LogP contribution >= 0.6 is 24.8 Å². The van der Waals surface area contributed by atoms with E-state index in [1.165, 1.54) is 0 Å². The summed E-state index contributed by atoms with van der Waals surface area (Å²) in [5.74, 6) is 0.541. The number of halogens is 2. The summed E-state index contributed by atoms with van der Waals surface area (Å²) in [7, 11) is 0. The van der Waals surface area contributed by atoms with Crippen LogP contribution in [0.15, 0.2) is 35.1 Å². The molecule has 0 spiro atoms. The van der Waals surface area contributed by atoms with E-state index in [2.05, 4.69) is 15.7 Å². The molecule has 1 amide bonds. The molecular weight excluding hydrogens is 401 g/mol. The number of carbonyl (C=O) groups excluding carboxylic acids is 1. The van der Waals surface area contributed by atoms with Crippen LogP contribution < -0.4 is 10.6 Å². The largest absolute Gasteiger partial charge is 0.463 e. The maximum atomic E-state index is 13.0. The molecule has 1 fully saturated rings. The van der Waals surface area contributed by atoms with E-state index in [1.807, 2.05) is 30.7 Å². The average Bonchev–Trinajstić information content (AvgIpc) is 3.31. The second-order valence-corrected chi connectivity index (χ2v) is 6.97. The van der Waals surface area contributed by atoms with Crippen LogP contribution in [0.5, 0.6) is 0 Å². The highest BCUT2D eigenvalue weighted by atomic mass is 35.5. The molecule has 1 atom stereocenters. The SMILES string of the molecule is CC(C)n1ncc2c(C(=O)N[C@H]3CCCNC3)cc(-c3ccco3)nc21.Cl.Cl. The number of hydrogen-bond acceptors (Lipinski definition) is 5. The molecule has 0 radical (unpaired) electrons. The van der Waals surface area contributed by atoms with Crippen molar-refractivity contribution in [3.05, 3.63) is 36.2 Å². The molecule has 4 heterocycles. The molecule has 0 saturated carbocycles. The zero-order valence-corrected chi connectivity index (χ0v) is 17.5. The predicted octanol–water partition coefficient (Wildman–Crippen LogP) is 3.60. The Labute approximate surface area is 176 Å². The fraction of sp³-hybridized carbons (Fsp3) is 0.421. The Morgan fingerprint density at radius 1 is 1.39 bits per heavy atom. The van der Waals surface area contributed by atoms with Crippen LogP contribution in [0.4, 0.5) is 0 Å². The van der Waals surface area contributed by atoms with Gasteiger partial charge in [0.15, 0.2) is 11.4 Å². The molecule has 9 heteroatoms. The van der Waals surface area contributed by atoms with Gasteiger partial charge in [-0.3, -0.25) is 4.79 Å². The smallest absolute Gasteiger partial charge is 0.252 e. The van der Waals surface area contributed by atoms with Crippen LogP contribution in [0.3, 0.4) is 0 Å². The first-order valence-electron chi connectivity index (χ1n) is 9.07. The standard InChI is InChI=1S/C19H23N5O2.2ClH/c1-12(2)24-18-15(11-21-24)14(9-16(23-18)17-6-4-8-26-17)19(25)22-13-5-3-7-20-10-13;;/h4,6,8-9,11-13,20H,3,5,7,10H2,1-2H3,(H,22,25);2*1H/t13-;;/m0../s1. The van der Waals surface area contributed by atoms with E-state index in [9.17, 15) is 4.79 Å². The minimum absolute atomic E-state index is 0. The molecule has 0 aromatic carbocycles. The normalized spacial score (nSPS) is 16.5. The van der Waals surface area contributed by atoms with Crippen LogP contribution in [-0.2, 0) is 0 Å². The fourth-order valence-corrected chi connectivity index (χ4v) is 3.37. The Balaban J connectivity index is 0.00000140. The van der Waals surface area contributed by atoms with Gasteiger partial charge in [-0.15, -0.1) is 24.8 Å². The summed E-state index contributed by atoms with van der Waals surface area (Å²) < 4.78 is 7.33. The van der Waals surface area contributed by atoms with Crippen molar-refractivity contribution in [2.24, 2.45) is 0 Å². The van der Waals surface area contributed by atoms with Gasteiger partial charge in [0, 0.05) is 18.6 Å². The van der Waals surface area contributed by atoms with Crippen molar-refractivity contribution in [2.75, 3.05) is 13.1 Å². The number of fused-ring (bicyclic) bond motifs is 1. The zero-order chi connectivity index (χ0) is 18.1. The fourth-order valence-electron chi connectivity index (χ4n) is 3.37. The first-order chi connectivity index (χ1) is 12.6. The zero-order valence-electron chi connectivity index (χ0n) is 15.8. The molecule has 0 unspecified atom stereocenters. The minimum Gasteiger partial charge on any atom is -0.463 e. The topological polar surface area (TPSA) is 85.0 Å². The van der Waals surface area contributed by atoms with Gasteiger partial charge in [-0.05, 0) is 51.4 Å². The summed E-state index contributed by atoms with van der Waals surface area (Å²) in [6, 6.07) is 5.74. The first kappa shape index (κ1) is 22.2. The Bertz CT molecular complexity index is 918. The molecule has 1 aliphatic rings. The van der Waals surface area contributed by atoms with Gasteiger partial charge in [0.05, 0.1) is 23.4 Å². The molecule has 0 aliphatic carbocycles. The molecule has 2 N–H and O–H groups in total. The third-order valence-corrected chi connectivity index (χ3v) is 4.71. The monoisotopic (exact) mass is 425 g/mol. The van der Waals surface area contributed by atoms with Crippen molar-refractivity contribution in [1.29, 1.82) is 0 Å². The van der Waals surface area contributed by atoms with E-state index in [1.54, 1.807) is 18.5 Å². The Hall–Kier alpha value is -2.09. The Morgan fingerprint density at radius 3 is 2.86 bits per heavy atom. The molecule has 0 bridgehead atoms. The number of piperidine rings is 1.